The number of anilines is 1. The van der Waals surface area contributed by atoms with Crippen molar-refractivity contribution in [3.63, 3.8) is 0 Å². The number of nitrogens with zero attached hydrogens (tertiary/aromatic N) is 3. The lowest BCUT2D eigenvalue weighted by molar-refractivity contribution is -0.115. The monoisotopic (exact) mass is 373 g/mol. The first-order valence-electron chi connectivity index (χ1n) is 7.34. The zero-order valence-corrected chi connectivity index (χ0v) is 14.9. The number of thioether (sulfide) groups is 1. The molecule has 1 unspecified atom stereocenters. The van der Waals surface area contributed by atoms with Crippen LogP contribution < -0.4 is 11.2 Å². The summed E-state index contributed by atoms with van der Waals surface area (Å²) < 4.78 is 41.0. The van der Waals surface area contributed by atoms with E-state index in [9.17, 15) is 18.0 Å². The third-order valence-corrected chi connectivity index (χ3v) is 4.34. The Kier molecular flexibility index (Phi) is 5.31. The Bertz CT molecular complexity index is 803. The Balaban J connectivity index is 2.12. The van der Waals surface area contributed by atoms with Crippen molar-refractivity contribution in [2.75, 3.05) is 11.2 Å². The first-order chi connectivity index (χ1) is 11.5. The molecule has 0 spiro atoms. The molecule has 2 rings (SSSR count). The number of amides is 1. The number of nitrogen functional groups attached to an aromatic ring is 1. The molecule has 1 aromatic heterocycles. The van der Waals surface area contributed by atoms with E-state index in [-0.39, 0.29) is 5.41 Å². The van der Waals surface area contributed by atoms with Gasteiger partial charge in [0.1, 0.15) is 0 Å². The summed E-state index contributed by atoms with van der Waals surface area (Å²) in [4.78, 5) is 12.2. The summed E-state index contributed by atoms with van der Waals surface area (Å²) in [5.41, 5.74) is -0.776. The molecule has 0 bridgehead atoms. The lowest BCUT2D eigenvalue weighted by atomic mass is 9.96. The van der Waals surface area contributed by atoms with E-state index in [1.165, 1.54) is 4.68 Å². The van der Waals surface area contributed by atoms with Gasteiger partial charge >= 0.3 is 0 Å². The van der Waals surface area contributed by atoms with E-state index in [0.29, 0.717) is 11.0 Å². The second-order valence-electron chi connectivity index (χ2n) is 6.40. The lowest BCUT2D eigenvalue weighted by Crippen LogP contribution is -2.26. The van der Waals surface area contributed by atoms with Crippen LogP contribution in [0.3, 0.4) is 0 Å². The zero-order chi connectivity index (χ0) is 18.9. The van der Waals surface area contributed by atoms with Crippen LogP contribution in [0.5, 0.6) is 0 Å². The first-order valence-corrected chi connectivity index (χ1v) is 8.22. The Morgan fingerprint density at radius 3 is 2.44 bits per heavy atom. The minimum atomic E-state index is -1.64. The van der Waals surface area contributed by atoms with Gasteiger partial charge in [0.05, 0.1) is 10.9 Å². The molecule has 0 aliphatic heterocycles. The van der Waals surface area contributed by atoms with Gasteiger partial charge in [0, 0.05) is 5.41 Å². The maximum Gasteiger partial charge on any atom is 0.237 e. The van der Waals surface area contributed by atoms with Crippen molar-refractivity contribution < 1.29 is 18.0 Å². The fourth-order valence-corrected chi connectivity index (χ4v) is 2.71. The number of aromatic nitrogens is 3. The molecular formula is C15H18F3N5OS. The predicted octanol–water partition coefficient (Wildman–Crippen LogP) is 2.83. The molecule has 0 aliphatic carbocycles. The largest absolute Gasteiger partial charge is 0.336 e. The summed E-state index contributed by atoms with van der Waals surface area (Å²) >= 11 is 1.01. The van der Waals surface area contributed by atoms with Gasteiger partial charge in [-0.1, -0.05) is 32.5 Å². The van der Waals surface area contributed by atoms with E-state index in [2.05, 4.69) is 15.5 Å². The number of nitrogens with two attached hydrogens (primary N) is 1. The van der Waals surface area contributed by atoms with Crippen LogP contribution in [0.1, 0.15) is 33.5 Å². The molecule has 0 saturated carbocycles. The summed E-state index contributed by atoms with van der Waals surface area (Å²) in [6.45, 7) is 7.29. The molecule has 0 fully saturated rings. The molecule has 10 heteroatoms. The minimum Gasteiger partial charge on any atom is -0.336 e. The first kappa shape index (κ1) is 19.1. The lowest BCUT2D eigenvalue weighted by Gasteiger charge is -2.17. The summed E-state index contributed by atoms with van der Waals surface area (Å²) in [5.74, 6) is 1.43. The van der Waals surface area contributed by atoms with Crippen LogP contribution >= 0.6 is 11.8 Å². The highest BCUT2D eigenvalue weighted by Gasteiger charge is 2.26. The Morgan fingerprint density at radius 2 is 1.88 bits per heavy atom. The number of carbonyl (C=O) groups is 1. The highest BCUT2D eigenvalue weighted by molar-refractivity contribution is 8.00. The van der Waals surface area contributed by atoms with E-state index in [1.54, 1.807) is 6.92 Å². The normalized spacial score (nSPS) is 12.9. The third kappa shape index (κ3) is 4.06. The van der Waals surface area contributed by atoms with Crippen LogP contribution in [0.25, 0.3) is 0 Å². The molecule has 0 saturated heterocycles. The molecule has 0 radical (unpaired) electrons. The summed E-state index contributed by atoms with van der Waals surface area (Å²) in [5, 5.41) is 9.73. The average Bonchev–Trinajstić information content (AvgIpc) is 2.88. The standard InChI is InChI=1S/C15H18F3N5OS/c1-7(25-14-22-21-13(23(14)19)15(2,3)4)12(24)20-9-6-5-8(16)10(17)11(9)18/h5-7H,19H2,1-4H3,(H,20,24). The molecule has 1 amide bonds. The van der Waals surface area contributed by atoms with Crippen molar-refractivity contribution in [1.82, 2.24) is 14.9 Å². The number of rotatable bonds is 4. The van der Waals surface area contributed by atoms with Gasteiger partial charge in [-0.05, 0) is 19.1 Å². The molecule has 1 aromatic carbocycles. The maximum absolute atomic E-state index is 13.6. The number of nitrogens with one attached hydrogen (secondary N) is 1. The van der Waals surface area contributed by atoms with Gasteiger partial charge in [-0.2, -0.15) is 0 Å². The zero-order valence-electron chi connectivity index (χ0n) is 14.1. The van der Waals surface area contributed by atoms with Gasteiger partial charge in [0.2, 0.25) is 11.1 Å². The van der Waals surface area contributed by atoms with Crippen LogP contribution in [0.2, 0.25) is 0 Å². The van der Waals surface area contributed by atoms with Gasteiger partial charge in [0.15, 0.2) is 23.3 Å². The van der Waals surface area contributed by atoms with Gasteiger partial charge in [-0.3, -0.25) is 4.79 Å². The fourth-order valence-electron chi connectivity index (χ4n) is 1.94. The molecule has 1 heterocycles. The Morgan fingerprint density at radius 1 is 1.24 bits per heavy atom. The average molecular weight is 373 g/mol. The molecule has 3 N–H and O–H groups in total. The number of hydrogen-bond donors (Lipinski definition) is 2. The van der Waals surface area contributed by atoms with Crippen LogP contribution in [0.15, 0.2) is 17.3 Å². The van der Waals surface area contributed by atoms with Crippen LogP contribution in [0.4, 0.5) is 18.9 Å². The van der Waals surface area contributed by atoms with E-state index >= 15 is 0 Å². The third-order valence-electron chi connectivity index (χ3n) is 3.28. The second kappa shape index (κ2) is 6.95. The number of halogens is 3. The molecule has 2 aromatic rings. The van der Waals surface area contributed by atoms with Gasteiger partial charge in [-0.15, -0.1) is 10.2 Å². The predicted molar refractivity (Wildman–Crippen MR) is 89.1 cm³/mol. The Labute approximate surface area is 147 Å². The molecule has 25 heavy (non-hydrogen) atoms. The van der Waals surface area contributed by atoms with Gasteiger partial charge in [0.25, 0.3) is 0 Å². The van der Waals surface area contributed by atoms with Crippen LogP contribution in [-0.2, 0) is 10.2 Å². The van der Waals surface area contributed by atoms with Gasteiger partial charge < -0.3 is 11.2 Å². The summed E-state index contributed by atoms with van der Waals surface area (Å²) in [7, 11) is 0. The number of hydrogen-bond acceptors (Lipinski definition) is 5. The highest BCUT2D eigenvalue weighted by Crippen LogP contribution is 2.27. The van der Waals surface area contributed by atoms with Crippen molar-refractivity contribution in [2.45, 2.75) is 43.5 Å². The van der Waals surface area contributed by atoms with Crippen molar-refractivity contribution in [2.24, 2.45) is 0 Å². The minimum absolute atomic E-state index is 0.304. The number of benzene rings is 1. The molecule has 0 aliphatic rings. The fraction of sp³-hybridized carbons (Fsp3) is 0.400. The summed E-state index contributed by atoms with van der Waals surface area (Å²) in [6.07, 6.45) is 0. The Hall–Kier alpha value is -2.23. The van der Waals surface area contributed by atoms with Crippen molar-refractivity contribution in [3.05, 3.63) is 35.4 Å². The molecule has 1 atom stereocenters. The van der Waals surface area contributed by atoms with E-state index in [4.69, 9.17) is 5.84 Å². The SMILES string of the molecule is CC(Sc1nnc(C(C)(C)C)n1N)C(=O)Nc1ccc(F)c(F)c1F. The van der Waals surface area contributed by atoms with E-state index in [1.807, 2.05) is 20.8 Å². The topological polar surface area (TPSA) is 85.8 Å². The van der Waals surface area contributed by atoms with Crippen molar-refractivity contribution in [3.8, 4) is 0 Å². The van der Waals surface area contributed by atoms with E-state index < -0.39 is 34.3 Å². The summed E-state index contributed by atoms with van der Waals surface area (Å²) in [6, 6.07) is 1.68. The highest BCUT2D eigenvalue weighted by atomic mass is 32.2. The molecule has 136 valence electrons. The quantitative estimate of drug-likeness (QED) is 0.489. The van der Waals surface area contributed by atoms with Crippen molar-refractivity contribution >= 4 is 23.4 Å². The van der Waals surface area contributed by atoms with Crippen LogP contribution in [-0.4, -0.2) is 26.0 Å². The molecular weight excluding hydrogens is 355 g/mol. The van der Waals surface area contributed by atoms with Crippen molar-refractivity contribution in [1.29, 1.82) is 0 Å². The number of carbonyl (C=O) groups excluding carboxylic acids is 1. The van der Waals surface area contributed by atoms with Gasteiger partial charge in [-0.25, -0.2) is 17.8 Å². The molecule has 6 nitrogen and oxygen atoms in total. The maximum atomic E-state index is 13.6. The van der Waals surface area contributed by atoms with E-state index in [0.717, 1.165) is 23.9 Å². The van der Waals surface area contributed by atoms with Crippen LogP contribution in [0, 0.1) is 17.5 Å². The smallest absolute Gasteiger partial charge is 0.237 e. The second-order valence-corrected chi connectivity index (χ2v) is 7.71.